The van der Waals surface area contributed by atoms with E-state index in [1.165, 1.54) is 14.2 Å². The molecule has 0 aliphatic heterocycles. The van der Waals surface area contributed by atoms with Gasteiger partial charge < -0.3 is 19.5 Å². The van der Waals surface area contributed by atoms with Crippen LogP contribution >= 0.6 is 0 Å². The maximum absolute atomic E-state index is 13.9. The number of carbonyl (C=O) groups is 2. The zero-order valence-corrected chi connectivity index (χ0v) is 14.4. The molecule has 0 spiro atoms. The fourth-order valence-corrected chi connectivity index (χ4v) is 2.28. The lowest BCUT2D eigenvalue weighted by atomic mass is 10.1. The molecule has 1 N–H and O–H groups in total. The third-order valence-electron chi connectivity index (χ3n) is 3.58. The fraction of sp³-hybridized carbons (Fsp3) is 0.222. The van der Waals surface area contributed by atoms with Gasteiger partial charge in [-0.2, -0.15) is 0 Å². The molecular formula is C18H17F2NO5. The van der Waals surface area contributed by atoms with Crippen molar-refractivity contribution in [1.29, 1.82) is 0 Å². The summed E-state index contributed by atoms with van der Waals surface area (Å²) >= 11 is 0. The van der Waals surface area contributed by atoms with E-state index in [4.69, 9.17) is 9.47 Å². The highest BCUT2D eigenvalue weighted by Crippen LogP contribution is 2.26. The molecule has 0 aliphatic carbocycles. The van der Waals surface area contributed by atoms with Crippen LogP contribution in [0.25, 0.3) is 0 Å². The molecule has 0 heterocycles. The Morgan fingerprint density at radius 2 is 1.73 bits per heavy atom. The molecule has 0 radical (unpaired) electrons. The Balaban J connectivity index is 2.21. The molecule has 138 valence electrons. The third kappa shape index (κ3) is 4.27. The number of carbonyl (C=O) groups excluding carboxylic acids is 2. The van der Waals surface area contributed by atoms with Crippen LogP contribution in [0, 0.1) is 11.6 Å². The molecule has 2 aromatic rings. The lowest BCUT2D eigenvalue weighted by Crippen LogP contribution is -2.17. The Bertz CT molecular complexity index is 839. The van der Waals surface area contributed by atoms with Gasteiger partial charge in [0.15, 0.2) is 0 Å². The van der Waals surface area contributed by atoms with Crippen molar-refractivity contribution in [2.24, 2.45) is 0 Å². The first-order valence-electron chi connectivity index (χ1n) is 7.47. The highest BCUT2D eigenvalue weighted by Gasteiger charge is 2.18. The zero-order chi connectivity index (χ0) is 19.3. The molecule has 26 heavy (non-hydrogen) atoms. The van der Waals surface area contributed by atoms with Crippen molar-refractivity contribution < 1.29 is 32.6 Å². The van der Waals surface area contributed by atoms with Crippen LogP contribution in [0.15, 0.2) is 30.3 Å². The van der Waals surface area contributed by atoms with Crippen molar-refractivity contribution in [1.82, 2.24) is 0 Å². The predicted octanol–water partition coefficient (Wildman–Crippen LogP) is 2.95. The third-order valence-corrected chi connectivity index (χ3v) is 3.58. The van der Waals surface area contributed by atoms with E-state index in [9.17, 15) is 18.4 Å². The van der Waals surface area contributed by atoms with Gasteiger partial charge in [0.05, 0.1) is 39.0 Å². The van der Waals surface area contributed by atoms with Gasteiger partial charge in [-0.15, -0.1) is 0 Å². The number of hydrogen-bond acceptors (Lipinski definition) is 5. The van der Waals surface area contributed by atoms with Crippen LogP contribution in [-0.4, -0.2) is 33.2 Å². The molecule has 0 bridgehead atoms. The van der Waals surface area contributed by atoms with Crippen LogP contribution < -0.4 is 14.8 Å². The number of ether oxygens (including phenoxy) is 3. The summed E-state index contributed by atoms with van der Waals surface area (Å²) < 4.78 is 42.2. The topological polar surface area (TPSA) is 73.9 Å². The molecule has 0 aliphatic rings. The minimum Gasteiger partial charge on any atom is -0.497 e. The van der Waals surface area contributed by atoms with E-state index < -0.39 is 29.1 Å². The Hall–Kier alpha value is -3.16. The van der Waals surface area contributed by atoms with Gasteiger partial charge in [0.1, 0.15) is 23.1 Å². The Labute approximate surface area is 148 Å². The monoisotopic (exact) mass is 365 g/mol. The van der Waals surface area contributed by atoms with Crippen molar-refractivity contribution in [2.45, 2.75) is 6.42 Å². The van der Waals surface area contributed by atoms with Gasteiger partial charge in [0.25, 0.3) is 0 Å². The average molecular weight is 365 g/mol. The van der Waals surface area contributed by atoms with Crippen molar-refractivity contribution in [3.05, 3.63) is 53.1 Å². The van der Waals surface area contributed by atoms with Crippen LogP contribution in [-0.2, 0) is 16.0 Å². The Morgan fingerprint density at radius 1 is 1.00 bits per heavy atom. The van der Waals surface area contributed by atoms with Crippen LogP contribution in [0.1, 0.15) is 15.9 Å². The summed E-state index contributed by atoms with van der Waals surface area (Å²) in [7, 11) is 4.01. The second-order valence-corrected chi connectivity index (χ2v) is 5.21. The summed E-state index contributed by atoms with van der Waals surface area (Å²) in [6.07, 6.45) is -0.127. The average Bonchev–Trinajstić information content (AvgIpc) is 2.63. The molecule has 6 nitrogen and oxygen atoms in total. The minimum atomic E-state index is -1.08. The maximum Gasteiger partial charge on any atom is 0.340 e. The molecule has 0 atom stereocenters. The molecule has 0 saturated carbocycles. The van der Waals surface area contributed by atoms with E-state index >= 15 is 0 Å². The summed E-state index contributed by atoms with van der Waals surface area (Å²) in [6.45, 7) is 0. The summed E-state index contributed by atoms with van der Waals surface area (Å²) in [6, 6.07) is 6.29. The van der Waals surface area contributed by atoms with E-state index in [0.29, 0.717) is 23.1 Å². The van der Waals surface area contributed by atoms with E-state index in [2.05, 4.69) is 10.1 Å². The largest absolute Gasteiger partial charge is 0.497 e. The van der Waals surface area contributed by atoms with Crippen LogP contribution in [0.4, 0.5) is 14.5 Å². The van der Waals surface area contributed by atoms with Gasteiger partial charge in [-0.25, -0.2) is 13.6 Å². The SMILES string of the molecule is COC(=O)c1cc(NC(=O)Cc2ccc(OC)cc2OC)c(F)cc1F. The molecule has 0 saturated heterocycles. The molecule has 1 amide bonds. The standard InChI is InChI=1S/C18H17F2NO5/c1-24-11-5-4-10(16(7-11)25-2)6-17(22)21-15-8-12(18(23)26-3)13(19)9-14(15)20/h4-5,7-9H,6H2,1-3H3,(H,21,22). The number of amides is 1. The first-order valence-corrected chi connectivity index (χ1v) is 7.47. The van der Waals surface area contributed by atoms with E-state index in [1.807, 2.05) is 0 Å². The summed E-state index contributed by atoms with van der Waals surface area (Å²) in [4.78, 5) is 23.7. The zero-order valence-electron chi connectivity index (χ0n) is 14.4. The molecule has 2 rings (SSSR count). The molecule has 0 aromatic heterocycles. The van der Waals surface area contributed by atoms with Gasteiger partial charge in [0, 0.05) is 17.7 Å². The summed E-state index contributed by atoms with van der Waals surface area (Å²) in [5, 5.41) is 2.31. The van der Waals surface area contributed by atoms with Crippen molar-refractivity contribution >= 4 is 17.6 Å². The number of methoxy groups -OCH3 is 3. The van der Waals surface area contributed by atoms with E-state index in [-0.39, 0.29) is 12.1 Å². The first-order chi connectivity index (χ1) is 12.4. The second-order valence-electron chi connectivity index (χ2n) is 5.21. The summed E-state index contributed by atoms with van der Waals surface area (Å²) in [5.74, 6) is -2.66. The van der Waals surface area contributed by atoms with Crippen LogP contribution in [0.5, 0.6) is 11.5 Å². The number of esters is 1. The molecule has 2 aromatic carbocycles. The van der Waals surface area contributed by atoms with Crippen molar-refractivity contribution in [3.63, 3.8) is 0 Å². The van der Waals surface area contributed by atoms with Crippen LogP contribution in [0.2, 0.25) is 0 Å². The van der Waals surface area contributed by atoms with E-state index in [0.717, 1.165) is 13.2 Å². The van der Waals surface area contributed by atoms with E-state index in [1.54, 1.807) is 18.2 Å². The van der Waals surface area contributed by atoms with Crippen molar-refractivity contribution in [3.8, 4) is 11.5 Å². The maximum atomic E-state index is 13.9. The molecule has 0 fully saturated rings. The Morgan fingerprint density at radius 3 is 2.35 bits per heavy atom. The first kappa shape index (κ1) is 19.2. The number of rotatable bonds is 6. The highest BCUT2D eigenvalue weighted by molar-refractivity contribution is 5.95. The molecule has 8 heteroatoms. The second kappa shape index (κ2) is 8.28. The summed E-state index contributed by atoms with van der Waals surface area (Å²) in [5.41, 5.74) is -0.267. The highest BCUT2D eigenvalue weighted by atomic mass is 19.1. The van der Waals surface area contributed by atoms with Gasteiger partial charge in [-0.05, 0) is 12.1 Å². The lowest BCUT2D eigenvalue weighted by Gasteiger charge is -2.12. The minimum absolute atomic E-state index is 0.127. The number of nitrogens with one attached hydrogen (secondary N) is 1. The Kier molecular flexibility index (Phi) is 6.11. The number of benzene rings is 2. The van der Waals surface area contributed by atoms with Gasteiger partial charge in [0.2, 0.25) is 5.91 Å². The molecule has 0 unspecified atom stereocenters. The van der Waals surface area contributed by atoms with Crippen LogP contribution in [0.3, 0.4) is 0 Å². The number of hydrogen-bond donors (Lipinski definition) is 1. The number of anilines is 1. The quantitative estimate of drug-likeness (QED) is 0.797. The smallest absolute Gasteiger partial charge is 0.340 e. The fourth-order valence-electron chi connectivity index (χ4n) is 2.28. The van der Waals surface area contributed by atoms with Gasteiger partial charge >= 0.3 is 5.97 Å². The number of halogens is 2. The van der Waals surface area contributed by atoms with Gasteiger partial charge in [-0.1, -0.05) is 6.07 Å². The lowest BCUT2D eigenvalue weighted by molar-refractivity contribution is -0.115. The van der Waals surface area contributed by atoms with Crippen molar-refractivity contribution in [2.75, 3.05) is 26.6 Å². The van der Waals surface area contributed by atoms with Gasteiger partial charge in [-0.3, -0.25) is 4.79 Å². The molecular weight excluding hydrogens is 348 g/mol. The normalized spacial score (nSPS) is 10.2. The predicted molar refractivity (Wildman–Crippen MR) is 89.6 cm³/mol.